The first-order valence-corrected chi connectivity index (χ1v) is 4.95. The first-order valence-electron chi connectivity index (χ1n) is 4.95. The van der Waals surface area contributed by atoms with Crippen LogP contribution < -0.4 is 0 Å². The van der Waals surface area contributed by atoms with Gasteiger partial charge in [0.15, 0.2) is 0 Å². The molecular formula is C11H14O3. The van der Waals surface area contributed by atoms with E-state index in [2.05, 4.69) is 0 Å². The van der Waals surface area contributed by atoms with Gasteiger partial charge in [-0.3, -0.25) is 4.79 Å². The Hall–Kier alpha value is -1.25. The zero-order valence-electron chi connectivity index (χ0n) is 8.19. The van der Waals surface area contributed by atoms with E-state index in [0.29, 0.717) is 25.2 Å². The van der Waals surface area contributed by atoms with Crippen LogP contribution in [0, 0.1) is 5.41 Å². The number of hydrogen-bond acceptors (Lipinski definition) is 2. The lowest BCUT2D eigenvalue weighted by Gasteiger charge is -2.42. The van der Waals surface area contributed by atoms with Crippen molar-refractivity contribution < 1.29 is 14.3 Å². The van der Waals surface area contributed by atoms with Crippen LogP contribution >= 0.6 is 0 Å². The fourth-order valence-corrected chi connectivity index (χ4v) is 2.22. The second-order valence-corrected chi connectivity index (χ2v) is 4.06. The summed E-state index contributed by atoms with van der Waals surface area (Å²) in [6.45, 7) is 1.94. The van der Waals surface area contributed by atoms with Crippen molar-refractivity contribution in [3.05, 3.63) is 24.2 Å². The Morgan fingerprint density at radius 1 is 1.71 bits per heavy atom. The summed E-state index contributed by atoms with van der Waals surface area (Å²) in [5.41, 5.74) is -0.489. The van der Waals surface area contributed by atoms with E-state index in [0.717, 1.165) is 5.76 Å². The third-order valence-electron chi connectivity index (χ3n) is 3.35. The summed E-state index contributed by atoms with van der Waals surface area (Å²) in [7, 11) is 0. The summed E-state index contributed by atoms with van der Waals surface area (Å²) in [5.74, 6) is 0.569. The van der Waals surface area contributed by atoms with Gasteiger partial charge >= 0.3 is 5.97 Å². The fraction of sp³-hybridized carbons (Fsp3) is 0.545. The Bertz CT molecular complexity index is 320. The molecule has 76 valence electrons. The molecule has 0 saturated heterocycles. The maximum absolute atomic E-state index is 11.0. The first kappa shape index (κ1) is 9.31. The molecule has 0 spiro atoms. The van der Waals surface area contributed by atoms with Gasteiger partial charge in [-0.2, -0.15) is 0 Å². The first-order chi connectivity index (χ1) is 6.68. The lowest BCUT2D eigenvalue weighted by Crippen LogP contribution is -2.42. The molecule has 1 aromatic heterocycles. The van der Waals surface area contributed by atoms with Gasteiger partial charge in [0.25, 0.3) is 0 Å². The van der Waals surface area contributed by atoms with Crippen LogP contribution in [0.2, 0.25) is 0 Å². The summed E-state index contributed by atoms with van der Waals surface area (Å²) >= 11 is 0. The quantitative estimate of drug-likeness (QED) is 0.804. The number of carbonyl (C=O) groups is 1. The van der Waals surface area contributed by atoms with Crippen molar-refractivity contribution in [3.8, 4) is 0 Å². The predicted molar refractivity (Wildman–Crippen MR) is 51.0 cm³/mol. The Kier molecular flexibility index (Phi) is 2.10. The molecule has 1 saturated carbocycles. The number of hydrogen-bond donors (Lipinski definition) is 1. The molecule has 2 rings (SSSR count). The highest BCUT2D eigenvalue weighted by Crippen LogP contribution is 2.53. The molecule has 0 radical (unpaired) electrons. The van der Waals surface area contributed by atoms with Crippen molar-refractivity contribution >= 4 is 5.97 Å². The van der Waals surface area contributed by atoms with Gasteiger partial charge in [-0.15, -0.1) is 0 Å². The average molecular weight is 194 g/mol. The molecule has 0 bridgehead atoms. The normalized spacial score (nSPS) is 31.1. The number of carboxylic acids is 1. The number of furan rings is 1. The molecule has 0 amide bonds. The summed E-state index contributed by atoms with van der Waals surface area (Å²) in [6, 6.07) is 3.77. The lowest BCUT2D eigenvalue weighted by atomic mass is 9.60. The Balaban J connectivity index is 2.05. The third kappa shape index (κ3) is 1.24. The zero-order chi connectivity index (χ0) is 10.2. The van der Waals surface area contributed by atoms with E-state index >= 15 is 0 Å². The van der Waals surface area contributed by atoms with Gasteiger partial charge in [-0.25, -0.2) is 0 Å². The highest BCUT2D eigenvalue weighted by Gasteiger charge is 2.50. The van der Waals surface area contributed by atoms with Crippen LogP contribution in [-0.4, -0.2) is 11.1 Å². The van der Waals surface area contributed by atoms with Crippen LogP contribution in [0.1, 0.15) is 37.9 Å². The van der Waals surface area contributed by atoms with Crippen molar-refractivity contribution in [1.29, 1.82) is 0 Å². The molecule has 0 aromatic carbocycles. The van der Waals surface area contributed by atoms with E-state index in [1.54, 1.807) is 6.26 Å². The monoisotopic (exact) mass is 194 g/mol. The average Bonchev–Trinajstić information content (AvgIpc) is 2.55. The second kappa shape index (κ2) is 3.15. The van der Waals surface area contributed by atoms with E-state index < -0.39 is 11.4 Å². The van der Waals surface area contributed by atoms with Crippen molar-refractivity contribution in [1.82, 2.24) is 0 Å². The van der Waals surface area contributed by atoms with Gasteiger partial charge in [0, 0.05) is 5.92 Å². The van der Waals surface area contributed by atoms with Gasteiger partial charge in [-0.1, -0.05) is 6.92 Å². The number of rotatable bonds is 3. The molecule has 1 aromatic rings. The van der Waals surface area contributed by atoms with Crippen LogP contribution in [0.5, 0.6) is 0 Å². The van der Waals surface area contributed by atoms with E-state index in [9.17, 15) is 4.79 Å². The van der Waals surface area contributed by atoms with Crippen molar-refractivity contribution in [2.75, 3.05) is 0 Å². The summed E-state index contributed by atoms with van der Waals surface area (Å²) in [4.78, 5) is 11.0. The lowest BCUT2D eigenvalue weighted by molar-refractivity contribution is -0.156. The molecule has 1 fully saturated rings. The zero-order valence-corrected chi connectivity index (χ0v) is 8.19. The van der Waals surface area contributed by atoms with Gasteiger partial charge in [-0.05, 0) is 31.4 Å². The highest BCUT2D eigenvalue weighted by atomic mass is 16.4. The molecule has 3 nitrogen and oxygen atoms in total. The molecule has 1 N–H and O–H groups in total. The van der Waals surface area contributed by atoms with Gasteiger partial charge in [0.1, 0.15) is 5.76 Å². The molecule has 3 heteroatoms. The van der Waals surface area contributed by atoms with Crippen LogP contribution in [0.15, 0.2) is 22.8 Å². The van der Waals surface area contributed by atoms with E-state index in [-0.39, 0.29) is 0 Å². The molecule has 14 heavy (non-hydrogen) atoms. The Labute approximate surface area is 82.7 Å². The van der Waals surface area contributed by atoms with Gasteiger partial charge < -0.3 is 9.52 Å². The molecule has 0 unspecified atom stereocenters. The maximum atomic E-state index is 11.0. The van der Waals surface area contributed by atoms with E-state index in [1.165, 1.54) is 0 Å². The SMILES string of the molecule is CCC1(C(=O)O)CC(c2ccco2)C1. The number of aliphatic carboxylic acids is 1. The van der Waals surface area contributed by atoms with E-state index in [1.807, 2.05) is 19.1 Å². The third-order valence-corrected chi connectivity index (χ3v) is 3.35. The molecular weight excluding hydrogens is 180 g/mol. The largest absolute Gasteiger partial charge is 0.481 e. The Morgan fingerprint density at radius 3 is 2.86 bits per heavy atom. The molecule has 0 atom stereocenters. The molecule has 1 aliphatic rings. The van der Waals surface area contributed by atoms with Gasteiger partial charge in [0.2, 0.25) is 0 Å². The molecule has 1 heterocycles. The maximum Gasteiger partial charge on any atom is 0.309 e. The highest BCUT2D eigenvalue weighted by molar-refractivity contribution is 5.76. The summed E-state index contributed by atoms with van der Waals surface area (Å²) < 4.78 is 5.26. The number of carboxylic acid groups (broad SMARTS) is 1. The second-order valence-electron chi connectivity index (χ2n) is 4.06. The van der Waals surface area contributed by atoms with E-state index in [4.69, 9.17) is 9.52 Å². The van der Waals surface area contributed by atoms with Crippen LogP contribution in [-0.2, 0) is 4.79 Å². The van der Waals surface area contributed by atoms with Crippen LogP contribution in [0.4, 0.5) is 0 Å². The van der Waals surface area contributed by atoms with Crippen molar-refractivity contribution in [3.63, 3.8) is 0 Å². The molecule has 1 aliphatic carbocycles. The Morgan fingerprint density at radius 2 is 2.43 bits per heavy atom. The standard InChI is InChI=1S/C11H14O3/c1-2-11(10(12)13)6-8(7-11)9-4-3-5-14-9/h3-5,8H,2,6-7H2,1H3,(H,12,13). The van der Waals surface area contributed by atoms with Gasteiger partial charge in [0.05, 0.1) is 11.7 Å². The molecule has 0 aliphatic heterocycles. The van der Waals surface area contributed by atoms with Crippen molar-refractivity contribution in [2.45, 2.75) is 32.1 Å². The summed E-state index contributed by atoms with van der Waals surface area (Å²) in [5, 5.41) is 9.07. The van der Waals surface area contributed by atoms with Crippen LogP contribution in [0.3, 0.4) is 0 Å². The fourth-order valence-electron chi connectivity index (χ4n) is 2.22. The topological polar surface area (TPSA) is 50.4 Å². The minimum absolute atomic E-state index is 0.307. The minimum atomic E-state index is -0.664. The van der Waals surface area contributed by atoms with Crippen LogP contribution in [0.25, 0.3) is 0 Å². The predicted octanol–water partition coefficient (Wildman–Crippen LogP) is 2.64. The smallest absolute Gasteiger partial charge is 0.309 e. The van der Waals surface area contributed by atoms with Crippen molar-refractivity contribution in [2.24, 2.45) is 5.41 Å². The summed E-state index contributed by atoms with van der Waals surface area (Å²) in [6.07, 6.45) is 3.78. The minimum Gasteiger partial charge on any atom is -0.481 e.